The molecular formula is C18H15N3O6. The highest BCUT2D eigenvalue weighted by Crippen LogP contribution is 2.48. The molecule has 0 saturated heterocycles. The van der Waals surface area contributed by atoms with Crippen molar-refractivity contribution < 1.29 is 29.9 Å². The molecule has 9 nitrogen and oxygen atoms in total. The Balaban J connectivity index is 1.92. The summed E-state index contributed by atoms with van der Waals surface area (Å²) in [6.07, 6.45) is 0.306. The summed E-state index contributed by atoms with van der Waals surface area (Å²) in [6, 6.07) is 8.09. The number of hydrogen-bond donors (Lipinski definition) is 5. The molecule has 4 rings (SSSR count). The molecular weight excluding hydrogens is 354 g/mol. The Bertz CT molecular complexity index is 1040. The molecule has 3 aromatic rings. The first-order chi connectivity index (χ1) is 13.0. The molecule has 0 saturated carbocycles. The van der Waals surface area contributed by atoms with E-state index in [1.165, 1.54) is 13.3 Å². The molecule has 1 atom stereocenters. The summed E-state index contributed by atoms with van der Waals surface area (Å²) >= 11 is 0. The Morgan fingerprint density at radius 3 is 2.63 bits per heavy atom. The van der Waals surface area contributed by atoms with Crippen LogP contribution in [0.1, 0.15) is 11.8 Å². The van der Waals surface area contributed by atoms with Gasteiger partial charge < -0.3 is 35.2 Å². The van der Waals surface area contributed by atoms with E-state index in [4.69, 9.17) is 9.47 Å². The fraction of sp³-hybridized carbons (Fsp3) is 0.111. The number of para-hydroxylation sites is 1. The molecule has 0 radical (unpaired) electrons. The maximum absolute atomic E-state index is 10.2. The zero-order valence-electron chi connectivity index (χ0n) is 14.0. The van der Waals surface area contributed by atoms with Crippen molar-refractivity contribution in [2.75, 3.05) is 12.4 Å². The molecule has 1 unspecified atom stereocenters. The number of aromatic nitrogens is 2. The molecule has 5 N–H and O–H groups in total. The van der Waals surface area contributed by atoms with Crippen LogP contribution in [0.15, 0.2) is 36.5 Å². The predicted octanol–water partition coefficient (Wildman–Crippen LogP) is 2.48. The van der Waals surface area contributed by atoms with Crippen LogP contribution >= 0.6 is 0 Å². The van der Waals surface area contributed by atoms with Crippen molar-refractivity contribution >= 4 is 5.69 Å². The fourth-order valence-electron chi connectivity index (χ4n) is 2.86. The summed E-state index contributed by atoms with van der Waals surface area (Å²) in [4.78, 5) is 8.57. The molecule has 0 spiro atoms. The molecule has 0 amide bonds. The Hall–Kier alpha value is -3.88. The highest BCUT2D eigenvalue weighted by atomic mass is 16.5. The zero-order chi connectivity index (χ0) is 19.1. The molecule has 0 aliphatic carbocycles. The van der Waals surface area contributed by atoms with Gasteiger partial charge in [-0.25, -0.2) is 4.98 Å². The van der Waals surface area contributed by atoms with Gasteiger partial charge in [-0.3, -0.25) is 0 Å². The quantitative estimate of drug-likeness (QED) is 0.341. The van der Waals surface area contributed by atoms with Crippen molar-refractivity contribution in [2.45, 2.75) is 6.23 Å². The first kappa shape index (κ1) is 16.6. The van der Waals surface area contributed by atoms with E-state index in [2.05, 4.69) is 15.3 Å². The van der Waals surface area contributed by atoms with Gasteiger partial charge in [0.15, 0.2) is 11.5 Å². The van der Waals surface area contributed by atoms with Gasteiger partial charge in [-0.1, -0.05) is 18.2 Å². The van der Waals surface area contributed by atoms with Gasteiger partial charge in [-0.15, -0.1) is 0 Å². The standard InChI is InChI=1S/C18H15N3O6/c1-26-12-7-19-14-8-4-2-3-5-9(8)20-17(27-18(14)21-12)13-10(22)6-11(23)15(24)16(13)25/h2-7,17,20,22-25H,1H3. The number of phenolic OH excluding ortho intramolecular Hbond substituents is 4. The number of benzene rings is 2. The molecule has 1 aromatic heterocycles. The normalized spacial score (nSPS) is 14.9. The SMILES string of the molecule is COc1cnc2c(n1)OC(c1c(O)cc(O)c(O)c1O)Nc1ccccc1-2. The van der Waals surface area contributed by atoms with Gasteiger partial charge in [0.05, 0.1) is 13.3 Å². The van der Waals surface area contributed by atoms with Gasteiger partial charge in [-0.2, -0.15) is 4.98 Å². The number of nitrogens with one attached hydrogen (secondary N) is 1. The summed E-state index contributed by atoms with van der Waals surface area (Å²) in [5, 5.41) is 42.9. The molecule has 2 aromatic carbocycles. The van der Waals surface area contributed by atoms with Crippen LogP contribution in [0.4, 0.5) is 5.69 Å². The molecule has 1 aliphatic heterocycles. The van der Waals surface area contributed by atoms with Gasteiger partial charge in [0, 0.05) is 17.3 Å². The molecule has 138 valence electrons. The van der Waals surface area contributed by atoms with Crippen molar-refractivity contribution in [1.29, 1.82) is 0 Å². The van der Waals surface area contributed by atoms with E-state index in [-0.39, 0.29) is 17.3 Å². The number of anilines is 1. The molecule has 27 heavy (non-hydrogen) atoms. The van der Waals surface area contributed by atoms with E-state index >= 15 is 0 Å². The Morgan fingerprint density at radius 1 is 1.07 bits per heavy atom. The van der Waals surface area contributed by atoms with Crippen LogP contribution in [0.5, 0.6) is 34.8 Å². The summed E-state index contributed by atoms with van der Waals surface area (Å²) < 4.78 is 10.9. The molecule has 1 aliphatic rings. The number of methoxy groups -OCH3 is 1. The van der Waals surface area contributed by atoms with Gasteiger partial charge in [-0.05, 0) is 6.07 Å². The third-order valence-corrected chi connectivity index (χ3v) is 4.16. The molecule has 0 fully saturated rings. The number of rotatable bonds is 2. The number of hydrogen-bond acceptors (Lipinski definition) is 9. The van der Waals surface area contributed by atoms with Crippen LogP contribution in [-0.4, -0.2) is 37.5 Å². The van der Waals surface area contributed by atoms with Crippen LogP contribution in [0.25, 0.3) is 11.3 Å². The number of nitrogens with zero attached hydrogens (tertiary/aromatic N) is 2. The fourth-order valence-corrected chi connectivity index (χ4v) is 2.86. The number of aromatic hydroxyl groups is 4. The number of ether oxygens (including phenoxy) is 2. The molecule has 9 heteroatoms. The Labute approximate surface area is 153 Å². The van der Waals surface area contributed by atoms with Crippen molar-refractivity contribution in [3.05, 3.63) is 42.1 Å². The van der Waals surface area contributed by atoms with Crippen molar-refractivity contribution in [3.8, 4) is 46.0 Å². The highest BCUT2D eigenvalue weighted by Gasteiger charge is 2.31. The first-order valence-corrected chi connectivity index (χ1v) is 7.90. The third kappa shape index (κ3) is 2.65. The van der Waals surface area contributed by atoms with Gasteiger partial charge in [0.2, 0.25) is 23.7 Å². The first-order valence-electron chi connectivity index (χ1n) is 7.90. The third-order valence-electron chi connectivity index (χ3n) is 4.16. The predicted molar refractivity (Wildman–Crippen MR) is 94.1 cm³/mol. The maximum Gasteiger partial charge on any atom is 0.246 e. The van der Waals surface area contributed by atoms with E-state index in [1.54, 1.807) is 12.1 Å². The topological polar surface area (TPSA) is 137 Å². The highest BCUT2D eigenvalue weighted by molar-refractivity contribution is 5.80. The minimum Gasteiger partial charge on any atom is -0.507 e. The second-order valence-electron chi connectivity index (χ2n) is 5.78. The molecule has 0 bridgehead atoms. The lowest BCUT2D eigenvalue weighted by atomic mass is 10.1. The second kappa shape index (κ2) is 6.13. The average Bonchev–Trinajstić information content (AvgIpc) is 2.82. The monoisotopic (exact) mass is 369 g/mol. The van der Waals surface area contributed by atoms with Crippen molar-refractivity contribution in [2.24, 2.45) is 0 Å². The minimum absolute atomic E-state index is 0.100. The number of phenols is 4. The van der Waals surface area contributed by atoms with Crippen LogP contribution < -0.4 is 14.8 Å². The smallest absolute Gasteiger partial charge is 0.246 e. The van der Waals surface area contributed by atoms with E-state index in [0.717, 1.165) is 6.07 Å². The molecule has 2 heterocycles. The second-order valence-corrected chi connectivity index (χ2v) is 5.78. The van der Waals surface area contributed by atoms with E-state index < -0.39 is 29.2 Å². The average molecular weight is 369 g/mol. The van der Waals surface area contributed by atoms with Crippen LogP contribution in [0.3, 0.4) is 0 Å². The minimum atomic E-state index is -1.14. The van der Waals surface area contributed by atoms with E-state index in [0.29, 0.717) is 16.9 Å². The van der Waals surface area contributed by atoms with Gasteiger partial charge in [0.1, 0.15) is 17.0 Å². The number of fused-ring (bicyclic) bond motifs is 3. The summed E-state index contributed by atoms with van der Waals surface area (Å²) in [5.41, 5.74) is 1.56. The van der Waals surface area contributed by atoms with Gasteiger partial charge >= 0.3 is 0 Å². The largest absolute Gasteiger partial charge is 0.507 e. The lowest BCUT2D eigenvalue weighted by molar-refractivity contribution is 0.213. The van der Waals surface area contributed by atoms with Crippen LogP contribution in [-0.2, 0) is 0 Å². The van der Waals surface area contributed by atoms with Gasteiger partial charge in [0.25, 0.3) is 0 Å². The van der Waals surface area contributed by atoms with Crippen molar-refractivity contribution in [1.82, 2.24) is 9.97 Å². The van der Waals surface area contributed by atoms with Crippen LogP contribution in [0, 0.1) is 0 Å². The zero-order valence-corrected chi connectivity index (χ0v) is 14.0. The maximum atomic E-state index is 10.2. The lowest BCUT2D eigenvalue weighted by Crippen LogP contribution is -2.17. The summed E-state index contributed by atoms with van der Waals surface area (Å²) in [5.74, 6) is -2.32. The lowest BCUT2D eigenvalue weighted by Gasteiger charge is -2.21. The van der Waals surface area contributed by atoms with E-state index in [9.17, 15) is 20.4 Å². The van der Waals surface area contributed by atoms with Crippen molar-refractivity contribution in [3.63, 3.8) is 0 Å². The van der Waals surface area contributed by atoms with Crippen LogP contribution in [0.2, 0.25) is 0 Å². The summed E-state index contributed by atoms with van der Waals surface area (Å²) in [6.45, 7) is 0. The Morgan fingerprint density at radius 2 is 1.85 bits per heavy atom. The van der Waals surface area contributed by atoms with E-state index in [1.807, 2.05) is 12.1 Å². The Kier molecular flexibility index (Phi) is 3.76. The summed E-state index contributed by atoms with van der Waals surface area (Å²) in [7, 11) is 1.44.